The van der Waals surface area contributed by atoms with Crippen molar-refractivity contribution in [3.05, 3.63) is 60.2 Å². The van der Waals surface area contributed by atoms with E-state index in [4.69, 9.17) is 0 Å². The second kappa shape index (κ2) is 4.79. The number of rotatable bonds is 3. The van der Waals surface area contributed by atoms with Crippen molar-refractivity contribution in [3.63, 3.8) is 0 Å². The van der Waals surface area contributed by atoms with Crippen LogP contribution in [0.3, 0.4) is 0 Å². The Labute approximate surface area is 96.3 Å². The van der Waals surface area contributed by atoms with Crippen LogP contribution in [0.5, 0.6) is 0 Å². The molecule has 16 heavy (non-hydrogen) atoms. The van der Waals surface area contributed by atoms with Gasteiger partial charge in [-0.25, -0.2) is 4.98 Å². The average Bonchev–Trinajstić information content (AvgIpc) is 2.81. The fraction of sp³-hybridized carbons (Fsp3) is 0.214. The third-order valence-corrected chi connectivity index (χ3v) is 2.64. The van der Waals surface area contributed by atoms with Gasteiger partial charge in [0.15, 0.2) is 0 Å². The zero-order valence-electron chi connectivity index (χ0n) is 9.67. The van der Waals surface area contributed by atoms with E-state index in [0.717, 1.165) is 0 Å². The highest BCUT2D eigenvalue weighted by molar-refractivity contribution is 5.50. The largest absolute Gasteiger partial charge is 0.331 e. The molecule has 1 atom stereocenters. The maximum Gasteiger partial charge on any atom is 0.0951 e. The Morgan fingerprint density at radius 3 is 2.62 bits per heavy atom. The summed E-state index contributed by atoms with van der Waals surface area (Å²) in [6.07, 6.45) is 9.93. The van der Waals surface area contributed by atoms with Crippen LogP contribution in [0.15, 0.2) is 49.1 Å². The topological polar surface area (TPSA) is 17.8 Å². The molecule has 82 valence electrons. The third-order valence-electron chi connectivity index (χ3n) is 2.64. The highest BCUT2D eigenvalue weighted by Crippen LogP contribution is 2.10. The molecule has 2 rings (SSSR count). The Morgan fingerprint density at radius 1 is 1.25 bits per heavy atom. The van der Waals surface area contributed by atoms with Crippen molar-refractivity contribution in [1.29, 1.82) is 0 Å². The summed E-state index contributed by atoms with van der Waals surface area (Å²) >= 11 is 0. The minimum Gasteiger partial charge on any atom is -0.331 e. The molecule has 2 nitrogen and oxygen atoms in total. The van der Waals surface area contributed by atoms with Crippen molar-refractivity contribution in [1.82, 2.24) is 9.55 Å². The van der Waals surface area contributed by atoms with Crippen LogP contribution in [0.2, 0.25) is 0 Å². The monoisotopic (exact) mass is 212 g/mol. The number of hydrogen-bond donors (Lipinski definition) is 0. The van der Waals surface area contributed by atoms with E-state index < -0.39 is 0 Å². The molecule has 1 aromatic heterocycles. The van der Waals surface area contributed by atoms with Gasteiger partial charge in [0.2, 0.25) is 0 Å². The van der Waals surface area contributed by atoms with E-state index in [1.54, 1.807) is 6.20 Å². The second-order valence-corrected chi connectivity index (χ2v) is 4.02. The van der Waals surface area contributed by atoms with Gasteiger partial charge in [0, 0.05) is 12.4 Å². The summed E-state index contributed by atoms with van der Waals surface area (Å²) < 4.78 is 2.07. The maximum atomic E-state index is 4.04. The van der Waals surface area contributed by atoms with E-state index in [0.29, 0.717) is 6.04 Å². The van der Waals surface area contributed by atoms with Crippen LogP contribution in [0.4, 0.5) is 0 Å². The summed E-state index contributed by atoms with van der Waals surface area (Å²) in [6, 6.07) is 8.85. The third kappa shape index (κ3) is 2.60. The molecule has 2 heteroatoms. The van der Waals surface area contributed by atoms with Gasteiger partial charge in [0.05, 0.1) is 12.4 Å². The molecule has 0 aliphatic heterocycles. The number of hydrogen-bond acceptors (Lipinski definition) is 1. The predicted octanol–water partition coefficient (Wildman–Crippen LogP) is 3.47. The summed E-state index contributed by atoms with van der Waals surface area (Å²) in [5.74, 6) is 0. The molecule has 1 unspecified atom stereocenters. The van der Waals surface area contributed by atoms with Crippen molar-refractivity contribution in [2.75, 3.05) is 0 Å². The van der Waals surface area contributed by atoms with Crippen LogP contribution in [0.25, 0.3) is 6.08 Å². The van der Waals surface area contributed by atoms with Crippen molar-refractivity contribution >= 4 is 6.08 Å². The Morgan fingerprint density at radius 2 is 2.00 bits per heavy atom. The first-order valence-electron chi connectivity index (χ1n) is 5.48. The fourth-order valence-corrected chi connectivity index (χ4v) is 1.54. The molecule has 0 spiro atoms. The number of nitrogens with zero attached hydrogens (tertiary/aromatic N) is 2. The molecular formula is C14H16N2. The van der Waals surface area contributed by atoms with Gasteiger partial charge in [0.1, 0.15) is 0 Å². The summed E-state index contributed by atoms with van der Waals surface area (Å²) in [7, 11) is 0. The molecule has 0 N–H and O–H groups in total. The number of benzene rings is 1. The van der Waals surface area contributed by atoms with E-state index in [9.17, 15) is 0 Å². The molecule has 0 saturated carbocycles. The van der Waals surface area contributed by atoms with E-state index >= 15 is 0 Å². The van der Waals surface area contributed by atoms with Crippen LogP contribution in [0, 0.1) is 6.92 Å². The quantitative estimate of drug-likeness (QED) is 0.761. The average molecular weight is 212 g/mol. The molecule has 0 saturated heterocycles. The Kier molecular flexibility index (Phi) is 3.20. The van der Waals surface area contributed by atoms with Gasteiger partial charge >= 0.3 is 0 Å². The van der Waals surface area contributed by atoms with E-state index in [-0.39, 0.29) is 0 Å². The lowest BCUT2D eigenvalue weighted by atomic mass is 10.1. The molecule has 0 aliphatic carbocycles. The summed E-state index contributed by atoms with van der Waals surface area (Å²) in [6.45, 7) is 4.24. The highest BCUT2D eigenvalue weighted by atomic mass is 15.0. The Hall–Kier alpha value is -1.83. The van der Waals surface area contributed by atoms with Crippen LogP contribution >= 0.6 is 0 Å². The number of aromatic nitrogens is 2. The smallest absolute Gasteiger partial charge is 0.0951 e. The Balaban J connectivity index is 2.07. The lowest BCUT2D eigenvalue weighted by Gasteiger charge is -2.06. The van der Waals surface area contributed by atoms with Gasteiger partial charge in [-0.3, -0.25) is 0 Å². The lowest BCUT2D eigenvalue weighted by molar-refractivity contribution is 0.662. The zero-order valence-corrected chi connectivity index (χ0v) is 9.67. The normalized spacial score (nSPS) is 13.1. The first kappa shape index (κ1) is 10.7. The summed E-state index contributed by atoms with van der Waals surface area (Å²) in [4.78, 5) is 4.04. The van der Waals surface area contributed by atoms with Gasteiger partial charge < -0.3 is 4.57 Å². The van der Waals surface area contributed by atoms with Crippen molar-refractivity contribution in [2.45, 2.75) is 19.9 Å². The van der Waals surface area contributed by atoms with Crippen molar-refractivity contribution in [3.8, 4) is 0 Å². The maximum absolute atomic E-state index is 4.04. The minimum absolute atomic E-state index is 0.337. The van der Waals surface area contributed by atoms with Crippen molar-refractivity contribution < 1.29 is 0 Å². The summed E-state index contributed by atoms with van der Waals surface area (Å²) in [5.41, 5.74) is 2.53. The highest BCUT2D eigenvalue weighted by Gasteiger charge is 1.97. The SMILES string of the molecule is Cc1ccc(/C=C/C(C)n2ccnc2)cc1. The summed E-state index contributed by atoms with van der Waals surface area (Å²) in [5, 5.41) is 0. The standard InChI is InChI=1S/C14H16N2/c1-12-3-6-14(7-4-12)8-5-13(2)16-10-9-15-11-16/h3-11,13H,1-2H3/b8-5+. The Bertz CT molecular complexity index is 452. The second-order valence-electron chi connectivity index (χ2n) is 4.02. The molecule has 1 heterocycles. The van der Waals surface area contributed by atoms with Crippen molar-refractivity contribution in [2.24, 2.45) is 0 Å². The van der Waals surface area contributed by atoms with E-state index in [2.05, 4.69) is 59.8 Å². The molecule has 2 aromatic rings. The van der Waals surface area contributed by atoms with E-state index in [1.165, 1.54) is 11.1 Å². The molecule has 0 bridgehead atoms. The minimum atomic E-state index is 0.337. The zero-order chi connectivity index (χ0) is 11.4. The first-order chi connectivity index (χ1) is 7.75. The number of imidazole rings is 1. The van der Waals surface area contributed by atoms with Crippen LogP contribution in [-0.4, -0.2) is 9.55 Å². The van der Waals surface area contributed by atoms with Gasteiger partial charge in [-0.1, -0.05) is 42.0 Å². The van der Waals surface area contributed by atoms with E-state index in [1.807, 2.05) is 12.5 Å². The molecule has 0 amide bonds. The van der Waals surface area contributed by atoms with Gasteiger partial charge in [-0.2, -0.15) is 0 Å². The fourth-order valence-electron chi connectivity index (χ4n) is 1.54. The predicted molar refractivity (Wildman–Crippen MR) is 67.2 cm³/mol. The lowest BCUT2D eigenvalue weighted by Crippen LogP contribution is -1.97. The first-order valence-corrected chi connectivity index (χ1v) is 5.48. The molecule has 1 aromatic carbocycles. The molecule has 0 fully saturated rings. The molecule has 0 aliphatic rings. The van der Waals surface area contributed by atoms with Gasteiger partial charge in [0.25, 0.3) is 0 Å². The number of aryl methyl sites for hydroxylation is 1. The number of allylic oxidation sites excluding steroid dienone is 1. The van der Waals surface area contributed by atoms with Gasteiger partial charge in [-0.05, 0) is 19.4 Å². The van der Waals surface area contributed by atoms with Gasteiger partial charge in [-0.15, -0.1) is 0 Å². The molecule has 0 radical (unpaired) electrons. The van der Waals surface area contributed by atoms with Crippen LogP contribution in [0.1, 0.15) is 24.1 Å². The van der Waals surface area contributed by atoms with Crippen LogP contribution in [-0.2, 0) is 0 Å². The molecular weight excluding hydrogens is 196 g/mol. The van der Waals surface area contributed by atoms with Crippen LogP contribution < -0.4 is 0 Å².